The Morgan fingerprint density at radius 1 is 1.07 bits per heavy atom. The Balaban J connectivity index is 1.39. The molecule has 3 aromatic rings. The first-order valence-corrected chi connectivity index (χ1v) is 11.4. The highest BCUT2D eigenvalue weighted by Crippen LogP contribution is 2.34. The highest BCUT2D eigenvalue weighted by molar-refractivity contribution is 7.20. The first-order chi connectivity index (χ1) is 14.7. The number of anilines is 1. The summed E-state index contributed by atoms with van der Waals surface area (Å²) in [7, 11) is 0. The average molecular weight is 421 g/mol. The van der Waals surface area contributed by atoms with Crippen LogP contribution in [0.5, 0.6) is 0 Å². The van der Waals surface area contributed by atoms with E-state index in [0.717, 1.165) is 44.0 Å². The van der Waals surface area contributed by atoms with Crippen molar-refractivity contribution < 1.29 is 9.53 Å². The second kappa shape index (κ2) is 9.92. The maximum absolute atomic E-state index is 11.6. The standard InChI is InChI=1S/C25H28N2O2S/c1-2-29-25(28)12-11-21-19-22-23(9-6-10-24(22)30-21)27-17-15-26(16-18-27)14-13-20-7-4-3-5-8-20/h3-12,19H,2,13-18H2,1H3. The van der Waals surface area contributed by atoms with Gasteiger partial charge in [-0.25, -0.2) is 4.79 Å². The molecule has 156 valence electrons. The molecule has 4 rings (SSSR count). The van der Waals surface area contributed by atoms with Gasteiger partial charge >= 0.3 is 5.97 Å². The Morgan fingerprint density at radius 2 is 1.87 bits per heavy atom. The summed E-state index contributed by atoms with van der Waals surface area (Å²) in [4.78, 5) is 17.7. The monoisotopic (exact) mass is 420 g/mol. The summed E-state index contributed by atoms with van der Waals surface area (Å²) in [6.45, 7) is 7.58. The molecule has 4 nitrogen and oxygen atoms in total. The third-order valence-corrected chi connectivity index (χ3v) is 6.57. The Bertz CT molecular complexity index is 1000. The van der Waals surface area contributed by atoms with Gasteiger partial charge in [-0.2, -0.15) is 0 Å². The molecule has 2 heterocycles. The third kappa shape index (κ3) is 5.10. The molecule has 1 aromatic heterocycles. The van der Waals surface area contributed by atoms with Crippen molar-refractivity contribution in [3.05, 3.63) is 71.1 Å². The van der Waals surface area contributed by atoms with Crippen LogP contribution in [0.25, 0.3) is 16.2 Å². The molecule has 1 saturated heterocycles. The number of thiophene rings is 1. The van der Waals surface area contributed by atoms with Crippen LogP contribution in [0, 0.1) is 0 Å². The van der Waals surface area contributed by atoms with Crippen LogP contribution in [0.2, 0.25) is 0 Å². The molecule has 0 unspecified atom stereocenters. The lowest BCUT2D eigenvalue weighted by atomic mass is 10.1. The largest absolute Gasteiger partial charge is 0.463 e. The zero-order valence-corrected chi connectivity index (χ0v) is 18.2. The minimum atomic E-state index is -0.290. The molecular weight excluding hydrogens is 392 g/mol. The molecule has 30 heavy (non-hydrogen) atoms. The maximum Gasteiger partial charge on any atom is 0.330 e. The van der Waals surface area contributed by atoms with E-state index >= 15 is 0 Å². The van der Waals surface area contributed by atoms with Crippen LogP contribution in [0.4, 0.5) is 5.69 Å². The molecule has 0 atom stereocenters. The number of rotatable bonds is 7. The van der Waals surface area contributed by atoms with Gasteiger partial charge in [-0.1, -0.05) is 36.4 Å². The summed E-state index contributed by atoms with van der Waals surface area (Å²) < 4.78 is 6.23. The minimum Gasteiger partial charge on any atom is -0.463 e. The molecule has 0 N–H and O–H groups in total. The number of carbonyl (C=O) groups excluding carboxylic acids is 1. The molecule has 0 aliphatic carbocycles. The lowest BCUT2D eigenvalue weighted by Gasteiger charge is -2.36. The van der Waals surface area contributed by atoms with Gasteiger partial charge in [0.2, 0.25) is 0 Å². The van der Waals surface area contributed by atoms with Crippen LogP contribution in [-0.2, 0) is 16.0 Å². The van der Waals surface area contributed by atoms with Gasteiger partial charge in [0.1, 0.15) is 0 Å². The van der Waals surface area contributed by atoms with E-state index in [1.54, 1.807) is 11.3 Å². The van der Waals surface area contributed by atoms with Crippen molar-refractivity contribution in [1.29, 1.82) is 0 Å². The van der Waals surface area contributed by atoms with Gasteiger partial charge < -0.3 is 9.64 Å². The molecule has 1 aliphatic rings. The van der Waals surface area contributed by atoms with Gasteiger partial charge in [-0.3, -0.25) is 4.90 Å². The molecule has 0 amide bonds. The normalized spacial score (nSPS) is 15.2. The van der Waals surface area contributed by atoms with E-state index in [4.69, 9.17) is 4.74 Å². The summed E-state index contributed by atoms with van der Waals surface area (Å²) in [6.07, 6.45) is 4.48. The Labute approximate surface area is 182 Å². The van der Waals surface area contributed by atoms with Crippen LogP contribution in [0.15, 0.2) is 60.7 Å². The van der Waals surface area contributed by atoms with Gasteiger partial charge in [0.05, 0.1) is 6.61 Å². The van der Waals surface area contributed by atoms with Gasteiger partial charge in [0, 0.05) is 59.5 Å². The smallest absolute Gasteiger partial charge is 0.330 e. The van der Waals surface area contributed by atoms with E-state index in [-0.39, 0.29) is 5.97 Å². The summed E-state index contributed by atoms with van der Waals surface area (Å²) in [5.74, 6) is -0.290. The molecule has 1 fully saturated rings. The van der Waals surface area contributed by atoms with E-state index in [1.807, 2.05) is 13.0 Å². The second-order valence-electron chi connectivity index (χ2n) is 7.49. The fourth-order valence-corrected chi connectivity index (χ4v) is 4.89. The van der Waals surface area contributed by atoms with Crippen molar-refractivity contribution in [2.75, 3.05) is 44.2 Å². The summed E-state index contributed by atoms with van der Waals surface area (Å²) >= 11 is 1.71. The van der Waals surface area contributed by atoms with Crippen molar-refractivity contribution in [1.82, 2.24) is 4.90 Å². The summed E-state index contributed by atoms with van der Waals surface area (Å²) in [6, 6.07) is 19.4. The van der Waals surface area contributed by atoms with E-state index in [0.29, 0.717) is 6.61 Å². The van der Waals surface area contributed by atoms with E-state index in [9.17, 15) is 4.79 Å². The number of benzene rings is 2. The molecule has 0 radical (unpaired) electrons. The molecule has 0 spiro atoms. The number of ether oxygens (including phenoxy) is 1. The average Bonchev–Trinajstić information content (AvgIpc) is 3.21. The highest BCUT2D eigenvalue weighted by Gasteiger charge is 2.19. The fourth-order valence-electron chi connectivity index (χ4n) is 3.91. The van der Waals surface area contributed by atoms with Crippen molar-refractivity contribution in [3.8, 4) is 0 Å². The second-order valence-corrected chi connectivity index (χ2v) is 8.60. The van der Waals surface area contributed by atoms with Crippen LogP contribution >= 0.6 is 11.3 Å². The Hall–Kier alpha value is -2.63. The van der Waals surface area contributed by atoms with Crippen molar-refractivity contribution in [3.63, 3.8) is 0 Å². The quantitative estimate of drug-likeness (QED) is 0.404. The number of esters is 1. The third-order valence-electron chi connectivity index (χ3n) is 5.50. The summed E-state index contributed by atoms with van der Waals surface area (Å²) in [5.41, 5.74) is 2.70. The van der Waals surface area contributed by atoms with Crippen molar-refractivity contribution in [2.45, 2.75) is 13.3 Å². The zero-order chi connectivity index (χ0) is 20.8. The molecule has 0 saturated carbocycles. The predicted octanol–water partition coefficient (Wildman–Crippen LogP) is 4.84. The SMILES string of the molecule is CCOC(=O)C=Cc1cc2c(N3CCN(CCc4ccccc4)CC3)cccc2s1. The number of carbonyl (C=O) groups is 1. The summed E-state index contributed by atoms with van der Waals surface area (Å²) in [5, 5.41) is 1.27. The molecular formula is C25H28N2O2S. The number of hydrogen-bond donors (Lipinski definition) is 0. The van der Waals surface area contributed by atoms with Crippen LogP contribution < -0.4 is 4.90 Å². The zero-order valence-electron chi connectivity index (χ0n) is 17.4. The van der Waals surface area contributed by atoms with Crippen LogP contribution in [0.3, 0.4) is 0 Å². The van der Waals surface area contributed by atoms with Crippen molar-refractivity contribution >= 4 is 39.2 Å². The number of hydrogen-bond acceptors (Lipinski definition) is 5. The number of fused-ring (bicyclic) bond motifs is 1. The van der Waals surface area contributed by atoms with Crippen molar-refractivity contribution in [2.24, 2.45) is 0 Å². The first kappa shape index (κ1) is 20.6. The Morgan fingerprint density at radius 3 is 2.63 bits per heavy atom. The van der Waals surface area contributed by atoms with Crippen LogP contribution in [0.1, 0.15) is 17.4 Å². The fraction of sp³-hybridized carbons (Fsp3) is 0.320. The Kier molecular flexibility index (Phi) is 6.82. The van der Waals surface area contributed by atoms with Gasteiger partial charge in [-0.05, 0) is 43.2 Å². The lowest BCUT2D eigenvalue weighted by molar-refractivity contribution is -0.137. The van der Waals surface area contributed by atoms with E-state index in [2.05, 4.69) is 64.4 Å². The number of nitrogens with zero attached hydrogens (tertiary/aromatic N) is 2. The van der Waals surface area contributed by atoms with Crippen LogP contribution in [-0.4, -0.2) is 50.2 Å². The van der Waals surface area contributed by atoms with E-state index < -0.39 is 0 Å². The number of piperazine rings is 1. The van der Waals surface area contributed by atoms with E-state index in [1.165, 1.54) is 27.4 Å². The van der Waals surface area contributed by atoms with Gasteiger partial charge in [0.15, 0.2) is 0 Å². The molecule has 2 aromatic carbocycles. The van der Waals surface area contributed by atoms with Gasteiger partial charge in [-0.15, -0.1) is 11.3 Å². The maximum atomic E-state index is 11.6. The lowest BCUT2D eigenvalue weighted by Crippen LogP contribution is -2.47. The molecule has 1 aliphatic heterocycles. The topological polar surface area (TPSA) is 32.8 Å². The highest BCUT2D eigenvalue weighted by atomic mass is 32.1. The first-order valence-electron chi connectivity index (χ1n) is 10.6. The molecule has 0 bridgehead atoms. The minimum absolute atomic E-state index is 0.290. The van der Waals surface area contributed by atoms with Gasteiger partial charge in [0.25, 0.3) is 0 Å². The molecule has 5 heteroatoms. The predicted molar refractivity (Wildman–Crippen MR) is 126 cm³/mol.